The fourth-order valence-electron chi connectivity index (χ4n) is 2.94. The van der Waals surface area contributed by atoms with Gasteiger partial charge in [-0.05, 0) is 49.4 Å². The first-order valence-corrected chi connectivity index (χ1v) is 7.60. The maximum atomic E-state index is 14.0. The number of anilines is 1. The first-order valence-electron chi connectivity index (χ1n) is 6.72. The van der Waals surface area contributed by atoms with Gasteiger partial charge < -0.3 is 4.90 Å². The van der Waals surface area contributed by atoms with Crippen LogP contribution in [0.15, 0.2) is 29.6 Å². The van der Waals surface area contributed by atoms with Gasteiger partial charge in [0.15, 0.2) is 5.78 Å². The Labute approximate surface area is 121 Å². The predicted octanol–water partition coefficient (Wildman–Crippen LogP) is 4.21. The van der Waals surface area contributed by atoms with Crippen molar-refractivity contribution in [1.29, 1.82) is 0 Å². The van der Waals surface area contributed by atoms with Gasteiger partial charge in [-0.1, -0.05) is 6.07 Å². The monoisotopic (exact) mass is 289 g/mol. The Kier molecular flexibility index (Phi) is 3.34. The van der Waals surface area contributed by atoms with E-state index >= 15 is 0 Å². The molecule has 1 aromatic carbocycles. The molecule has 1 aliphatic heterocycles. The minimum absolute atomic E-state index is 0.171. The summed E-state index contributed by atoms with van der Waals surface area (Å²) in [7, 11) is 0. The van der Waals surface area contributed by atoms with Crippen molar-refractivity contribution < 1.29 is 9.18 Å². The molecule has 0 N–H and O–H groups in total. The molecule has 2 nitrogen and oxygen atoms in total. The summed E-state index contributed by atoms with van der Waals surface area (Å²) in [4.78, 5) is 15.3. The zero-order valence-electron chi connectivity index (χ0n) is 11.5. The third-order valence-corrected chi connectivity index (χ3v) is 4.93. The molecular formula is C16H16FNOS. The summed E-state index contributed by atoms with van der Waals surface area (Å²) in [6, 6.07) is 7.17. The van der Waals surface area contributed by atoms with E-state index in [0.29, 0.717) is 5.69 Å². The lowest BCUT2D eigenvalue weighted by atomic mass is 9.98. The molecule has 3 rings (SSSR count). The zero-order chi connectivity index (χ0) is 14.3. The molecule has 1 aromatic heterocycles. The number of benzene rings is 1. The summed E-state index contributed by atoms with van der Waals surface area (Å²) in [5, 5.41) is 2.10. The van der Waals surface area contributed by atoms with E-state index in [4.69, 9.17) is 0 Å². The van der Waals surface area contributed by atoms with Crippen molar-refractivity contribution in [3.05, 3.63) is 51.5 Å². The standard InChI is InChI=1S/C16H16FNOS/c1-10-12-7-9-20-15(12)6-8-18(10)14-5-3-4-13(17)16(14)11(2)19/h3-5,7,9-10H,6,8H2,1-2H3. The number of nitrogens with zero attached hydrogens (tertiary/aromatic N) is 1. The molecule has 2 aromatic rings. The number of carbonyl (C=O) groups is 1. The van der Waals surface area contributed by atoms with E-state index in [2.05, 4.69) is 23.3 Å². The molecule has 0 radical (unpaired) electrons. The van der Waals surface area contributed by atoms with E-state index in [9.17, 15) is 9.18 Å². The van der Waals surface area contributed by atoms with Crippen LogP contribution in [-0.4, -0.2) is 12.3 Å². The van der Waals surface area contributed by atoms with Gasteiger partial charge in [0.25, 0.3) is 0 Å². The van der Waals surface area contributed by atoms with Crippen LogP contribution in [-0.2, 0) is 6.42 Å². The zero-order valence-corrected chi connectivity index (χ0v) is 12.3. The number of Topliss-reactive ketones (excluding diaryl/α,β-unsaturated/α-hetero) is 1. The first-order chi connectivity index (χ1) is 9.59. The minimum atomic E-state index is -0.432. The molecule has 0 saturated heterocycles. The van der Waals surface area contributed by atoms with Gasteiger partial charge in [0.1, 0.15) is 5.82 Å². The van der Waals surface area contributed by atoms with Crippen LogP contribution in [0.3, 0.4) is 0 Å². The third kappa shape index (κ3) is 2.04. The number of rotatable bonds is 2. The summed E-state index contributed by atoms with van der Waals surface area (Å²) in [6.45, 7) is 4.35. The van der Waals surface area contributed by atoms with Gasteiger partial charge in [-0.3, -0.25) is 4.79 Å². The van der Waals surface area contributed by atoms with E-state index in [-0.39, 0.29) is 17.4 Å². The lowest BCUT2D eigenvalue weighted by molar-refractivity contribution is 0.101. The van der Waals surface area contributed by atoms with Crippen LogP contribution >= 0.6 is 11.3 Å². The molecule has 0 fully saturated rings. The highest BCUT2D eigenvalue weighted by Gasteiger charge is 2.28. The summed E-state index contributed by atoms with van der Waals surface area (Å²) in [5.74, 6) is -0.653. The van der Waals surface area contributed by atoms with Crippen molar-refractivity contribution in [1.82, 2.24) is 0 Å². The molecule has 2 heterocycles. The SMILES string of the molecule is CC(=O)c1c(F)cccc1N1CCc2sccc2C1C. The van der Waals surface area contributed by atoms with Crippen molar-refractivity contribution in [3.63, 3.8) is 0 Å². The summed E-state index contributed by atoms with van der Waals surface area (Å²) in [5.41, 5.74) is 2.21. The van der Waals surface area contributed by atoms with Crippen molar-refractivity contribution in [2.75, 3.05) is 11.4 Å². The lowest BCUT2D eigenvalue weighted by Gasteiger charge is -2.36. The van der Waals surface area contributed by atoms with Crippen molar-refractivity contribution in [2.45, 2.75) is 26.3 Å². The maximum Gasteiger partial charge on any atom is 0.164 e. The van der Waals surface area contributed by atoms with Gasteiger partial charge in [0.05, 0.1) is 17.3 Å². The number of carbonyl (C=O) groups excluding carboxylic acids is 1. The highest BCUT2D eigenvalue weighted by molar-refractivity contribution is 7.10. The topological polar surface area (TPSA) is 20.3 Å². The van der Waals surface area contributed by atoms with Crippen molar-refractivity contribution in [3.8, 4) is 0 Å². The number of fused-ring (bicyclic) bond motifs is 1. The summed E-state index contributed by atoms with van der Waals surface area (Å²) >= 11 is 1.77. The van der Waals surface area contributed by atoms with E-state index in [0.717, 1.165) is 13.0 Å². The average Bonchev–Trinajstić information content (AvgIpc) is 2.87. The molecule has 0 saturated carbocycles. The van der Waals surface area contributed by atoms with Crippen molar-refractivity contribution >= 4 is 22.8 Å². The number of ketones is 1. The van der Waals surface area contributed by atoms with Crippen molar-refractivity contribution in [2.24, 2.45) is 0 Å². The Bertz CT molecular complexity index is 664. The third-order valence-electron chi connectivity index (χ3n) is 3.93. The van der Waals surface area contributed by atoms with Gasteiger partial charge >= 0.3 is 0 Å². The molecular weight excluding hydrogens is 273 g/mol. The van der Waals surface area contributed by atoms with E-state index in [1.165, 1.54) is 23.4 Å². The fraction of sp³-hybridized carbons (Fsp3) is 0.312. The Morgan fingerprint density at radius 3 is 2.95 bits per heavy atom. The average molecular weight is 289 g/mol. The Morgan fingerprint density at radius 1 is 1.40 bits per heavy atom. The number of thiophene rings is 1. The summed E-state index contributed by atoms with van der Waals surface area (Å²) in [6.07, 6.45) is 0.950. The molecule has 4 heteroatoms. The molecule has 0 spiro atoms. The predicted molar refractivity (Wildman–Crippen MR) is 80.2 cm³/mol. The van der Waals surface area contributed by atoms with E-state index in [1.54, 1.807) is 17.4 Å². The Balaban J connectivity index is 2.07. The number of hydrogen-bond donors (Lipinski definition) is 0. The molecule has 0 bridgehead atoms. The lowest BCUT2D eigenvalue weighted by Crippen LogP contribution is -2.34. The fourth-order valence-corrected chi connectivity index (χ4v) is 3.90. The molecule has 104 valence electrons. The largest absolute Gasteiger partial charge is 0.364 e. The molecule has 0 amide bonds. The van der Waals surface area contributed by atoms with Gasteiger partial charge in [-0.15, -0.1) is 11.3 Å². The second kappa shape index (κ2) is 5.02. The van der Waals surface area contributed by atoms with Crippen LogP contribution in [0, 0.1) is 5.82 Å². The highest BCUT2D eigenvalue weighted by Crippen LogP contribution is 2.37. The van der Waals surface area contributed by atoms with Crippen LogP contribution in [0.25, 0.3) is 0 Å². The minimum Gasteiger partial charge on any atom is -0.364 e. The first kappa shape index (κ1) is 13.3. The number of hydrogen-bond acceptors (Lipinski definition) is 3. The molecule has 1 unspecified atom stereocenters. The van der Waals surface area contributed by atoms with Crippen LogP contribution in [0.4, 0.5) is 10.1 Å². The normalized spacial score (nSPS) is 17.9. The smallest absolute Gasteiger partial charge is 0.164 e. The van der Waals surface area contributed by atoms with Gasteiger partial charge in [-0.25, -0.2) is 4.39 Å². The number of halogens is 1. The Morgan fingerprint density at radius 2 is 2.20 bits per heavy atom. The quantitative estimate of drug-likeness (QED) is 0.772. The highest BCUT2D eigenvalue weighted by atomic mass is 32.1. The molecule has 20 heavy (non-hydrogen) atoms. The van der Waals surface area contributed by atoms with Gasteiger partial charge in [-0.2, -0.15) is 0 Å². The van der Waals surface area contributed by atoms with E-state index in [1.807, 2.05) is 6.07 Å². The second-order valence-electron chi connectivity index (χ2n) is 5.11. The second-order valence-corrected chi connectivity index (χ2v) is 6.11. The molecule has 0 aliphatic carbocycles. The summed E-state index contributed by atoms with van der Waals surface area (Å²) < 4.78 is 14.0. The van der Waals surface area contributed by atoms with Crippen LogP contribution < -0.4 is 4.90 Å². The van der Waals surface area contributed by atoms with Gasteiger partial charge in [0, 0.05) is 11.4 Å². The van der Waals surface area contributed by atoms with Crippen LogP contribution in [0.2, 0.25) is 0 Å². The van der Waals surface area contributed by atoms with E-state index < -0.39 is 5.82 Å². The molecule has 1 aliphatic rings. The maximum absolute atomic E-state index is 14.0. The van der Waals surface area contributed by atoms with Crippen LogP contribution in [0.5, 0.6) is 0 Å². The molecule has 1 atom stereocenters. The van der Waals surface area contributed by atoms with Crippen LogP contribution in [0.1, 0.15) is 40.7 Å². The van der Waals surface area contributed by atoms with Gasteiger partial charge in [0.2, 0.25) is 0 Å². The Hall–Kier alpha value is -1.68.